The lowest BCUT2D eigenvalue weighted by Gasteiger charge is -2.34. The highest BCUT2D eigenvalue weighted by Crippen LogP contribution is 2.17. The molecular formula is C8H11F2NO5S. The van der Waals surface area contributed by atoms with Crippen molar-refractivity contribution in [3.05, 3.63) is 0 Å². The number of aliphatic carboxylic acids is 1. The standard InChI is InChI=1S/C8H11F2NO5S/c9-7(10)8(14)11-1-2-17(15,16)4-5(11)3-6(12)13/h5,7H,1-4H2,(H,12,13). The van der Waals surface area contributed by atoms with Crippen LogP contribution in [0.5, 0.6) is 0 Å². The van der Waals surface area contributed by atoms with Gasteiger partial charge >= 0.3 is 12.4 Å². The Kier molecular flexibility index (Phi) is 4.02. The van der Waals surface area contributed by atoms with E-state index in [0.29, 0.717) is 4.90 Å². The molecule has 98 valence electrons. The maximum Gasteiger partial charge on any atom is 0.315 e. The molecule has 1 saturated heterocycles. The Labute approximate surface area is 96.1 Å². The maximum atomic E-state index is 12.2. The van der Waals surface area contributed by atoms with Crippen LogP contribution < -0.4 is 0 Å². The van der Waals surface area contributed by atoms with Gasteiger partial charge in [0.2, 0.25) is 0 Å². The first-order valence-electron chi connectivity index (χ1n) is 4.74. The number of carbonyl (C=O) groups excluding carboxylic acids is 1. The van der Waals surface area contributed by atoms with Gasteiger partial charge in [0.15, 0.2) is 9.84 Å². The minimum Gasteiger partial charge on any atom is -0.481 e. The normalized spacial score (nSPS) is 23.7. The van der Waals surface area contributed by atoms with Gasteiger partial charge in [-0.25, -0.2) is 8.42 Å². The number of hydrogen-bond donors (Lipinski definition) is 1. The molecular weight excluding hydrogens is 260 g/mol. The van der Waals surface area contributed by atoms with E-state index in [1.807, 2.05) is 0 Å². The molecule has 0 aromatic heterocycles. The molecule has 1 amide bonds. The number of nitrogens with zero attached hydrogens (tertiary/aromatic N) is 1. The molecule has 1 heterocycles. The van der Waals surface area contributed by atoms with Crippen LogP contribution >= 0.6 is 0 Å². The minimum atomic E-state index is -3.47. The van der Waals surface area contributed by atoms with E-state index in [0.717, 1.165) is 0 Å². The van der Waals surface area contributed by atoms with E-state index in [-0.39, 0.29) is 6.54 Å². The Morgan fingerprint density at radius 2 is 2.00 bits per heavy atom. The largest absolute Gasteiger partial charge is 0.481 e. The lowest BCUT2D eigenvalue weighted by atomic mass is 10.2. The lowest BCUT2D eigenvalue weighted by Crippen LogP contribution is -2.53. The molecule has 0 saturated carbocycles. The van der Waals surface area contributed by atoms with Crippen molar-refractivity contribution in [1.29, 1.82) is 0 Å². The summed E-state index contributed by atoms with van der Waals surface area (Å²) < 4.78 is 47.0. The molecule has 1 aliphatic heterocycles. The molecule has 6 nitrogen and oxygen atoms in total. The summed E-state index contributed by atoms with van der Waals surface area (Å²) in [5.74, 6) is -3.86. The molecule has 17 heavy (non-hydrogen) atoms. The van der Waals surface area contributed by atoms with Gasteiger partial charge in [0.05, 0.1) is 24.0 Å². The summed E-state index contributed by atoms with van der Waals surface area (Å²) in [7, 11) is -3.47. The van der Waals surface area contributed by atoms with Crippen LogP contribution in [-0.4, -0.2) is 60.8 Å². The highest BCUT2D eigenvalue weighted by Gasteiger charge is 2.37. The van der Waals surface area contributed by atoms with Crippen molar-refractivity contribution < 1.29 is 31.9 Å². The van der Waals surface area contributed by atoms with Crippen LogP contribution in [0.2, 0.25) is 0 Å². The zero-order chi connectivity index (χ0) is 13.2. The number of carboxylic acid groups (broad SMARTS) is 1. The summed E-state index contributed by atoms with van der Waals surface area (Å²) in [4.78, 5) is 22.2. The van der Waals surface area contributed by atoms with Crippen LogP contribution in [0.25, 0.3) is 0 Å². The van der Waals surface area contributed by atoms with E-state index >= 15 is 0 Å². The van der Waals surface area contributed by atoms with E-state index in [4.69, 9.17) is 5.11 Å². The zero-order valence-corrected chi connectivity index (χ0v) is 9.49. The van der Waals surface area contributed by atoms with Crippen molar-refractivity contribution in [2.45, 2.75) is 18.9 Å². The minimum absolute atomic E-state index is 0.385. The van der Waals surface area contributed by atoms with Crippen LogP contribution in [0.1, 0.15) is 6.42 Å². The lowest BCUT2D eigenvalue weighted by molar-refractivity contribution is -0.147. The van der Waals surface area contributed by atoms with Crippen LogP contribution in [0.15, 0.2) is 0 Å². The fraction of sp³-hybridized carbons (Fsp3) is 0.750. The monoisotopic (exact) mass is 271 g/mol. The number of halogens is 2. The van der Waals surface area contributed by atoms with E-state index in [2.05, 4.69) is 0 Å². The predicted molar refractivity (Wildman–Crippen MR) is 52.4 cm³/mol. The Balaban J connectivity index is 2.88. The second-order valence-corrected chi connectivity index (χ2v) is 5.93. The molecule has 0 aromatic carbocycles. The van der Waals surface area contributed by atoms with Crippen molar-refractivity contribution in [1.82, 2.24) is 4.90 Å². The summed E-state index contributed by atoms with van der Waals surface area (Å²) >= 11 is 0. The van der Waals surface area contributed by atoms with Crippen LogP contribution in [0, 0.1) is 0 Å². The van der Waals surface area contributed by atoms with Gasteiger partial charge in [-0.3, -0.25) is 9.59 Å². The number of rotatable bonds is 3. The summed E-state index contributed by atoms with van der Waals surface area (Å²) in [6, 6.07) is -1.22. The molecule has 0 aromatic rings. The Hall–Kier alpha value is -1.25. The summed E-state index contributed by atoms with van der Waals surface area (Å²) in [6.45, 7) is -0.385. The second-order valence-electron chi connectivity index (χ2n) is 3.70. The van der Waals surface area contributed by atoms with Gasteiger partial charge in [0.1, 0.15) is 0 Å². The maximum absolute atomic E-state index is 12.2. The summed E-state index contributed by atoms with van der Waals surface area (Å²) in [5.41, 5.74) is 0. The highest BCUT2D eigenvalue weighted by atomic mass is 32.2. The molecule has 1 atom stereocenters. The second kappa shape index (κ2) is 4.94. The van der Waals surface area contributed by atoms with Crippen molar-refractivity contribution in [2.24, 2.45) is 0 Å². The zero-order valence-electron chi connectivity index (χ0n) is 8.67. The fourth-order valence-electron chi connectivity index (χ4n) is 1.67. The van der Waals surface area contributed by atoms with Gasteiger partial charge in [-0.05, 0) is 0 Å². The Bertz CT molecular complexity index is 422. The SMILES string of the molecule is O=C(O)CC1CS(=O)(=O)CCN1C(=O)C(F)F. The first kappa shape index (κ1) is 13.8. The number of hydrogen-bond acceptors (Lipinski definition) is 4. The van der Waals surface area contributed by atoms with Gasteiger partial charge in [-0.2, -0.15) is 8.78 Å². The Morgan fingerprint density at radius 3 is 2.47 bits per heavy atom. The Morgan fingerprint density at radius 1 is 1.41 bits per heavy atom. The molecule has 1 fully saturated rings. The number of sulfone groups is 1. The third-order valence-electron chi connectivity index (χ3n) is 2.41. The van der Waals surface area contributed by atoms with Crippen molar-refractivity contribution in [3.63, 3.8) is 0 Å². The topological polar surface area (TPSA) is 91.8 Å². The highest BCUT2D eigenvalue weighted by molar-refractivity contribution is 7.91. The van der Waals surface area contributed by atoms with E-state index < -0.39 is 52.1 Å². The average Bonchev–Trinajstić information content (AvgIpc) is 2.14. The molecule has 9 heteroatoms. The molecule has 1 unspecified atom stereocenters. The average molecular weight is 271 g/mol. The first-order chi connectivity index (χ1) is 7.73. The van der Waals surface area contributed by atoms with Crippen LogP contribution in [-0.2, 0) is 19.4 Å². The number of carboxylic acids is 1. The van der Waals surface area contributed by atoms with E-state index in [1.54, 1.807) is 0 Å². The first-order valence-corrected chi connectivity index (χ1v) is 6.56. The quantitative estimate of drug-likeness (QED) is 0.736. The van der Waals surface area contributed by atoms with Crippen molar-refractivity contribution >= 4 is 21.7 Å². The molecule has 0 spiro atoms. The summed E-state index contributed by atoms with van der Waals surface area (Å²) in [5, 5.41) is 8.55. The number of carbonyl (C=O) groups is 2. The third kappa shape index (κ3) is 3.62. The molecule has 1 aliphatic rings. The number of alkyl halides is 2. The smallest absolute Gasteiger partial charge is 0.315 e. The van der Waals surface area contributed by atoms with Gasteiger partial charge < -0.3 is 10.0 Å². The van der Waals surface area contributed by atoms with Crippen LogP contribution in [0.4, 0.5) is 8.78 Å². The fourth-order valence-corrected chi connectivity index (χ4v) is 3.20. The third-order valence-corrected chi connectivity index (χ3v) is 4.11. The van der Waals surface area contributed by atoms with E-state index in [9.17, 15) is 26.8 Å². The van der Waals surface area contributed by atoms with Crippen molar-refractivity contribution in [2.75, 3.05) is 18.1 Å². The molecule has 0 aliphatic carbocycles. The van der Waals surface area contributed by atoms with Gasteiger partial charge in [-0.15, -0.1) is 0 Å². The summed E-state index contributed by atoms with van der Waals surface area (Å²) in [6.07, 6.45) is -3.91. The molecule has 1 rings (SSSR count). The van der Waals surface area contributed by atoms with Crippen LogP contribution in [0.3, 0.4) is 0 Å². The van der Waals surface area contributed by atoms with Crippen molar-refractivity contribution in [3.8, 4) is 0 Å². The number of amides is 1. The van der Waals surface area contributed by atoms with Gasteiger partial charge in [-0.1, -0.05) is 0 Å². The predicted octanol–water partition coefficient (Wildman–Crippen LogP) is -0.648. The van der Waals surface area contributed by atoms with Gasteiger partial charge in [0, 0.05) is 6.54 Å². The molecule has 0 radical (unpaired) electrons. The van der Waals surface area contributed by atoms with Gasteiger partial charge in [0.25, 0.3) is 5.91 Å². The molecule has 1 N–H and O–H groups in total. The van der Waals surface area contributed by atoms with E-state index in [1.165, 1.54) is 0 Å². The molecule has 0 bridgehead atoms.